The van der Waals surface area contributed by atoms with Crippen molar-refractivity contribution in [1.82, 2.24) is 4.90 Å². The summed E-state index contributed by atoms with van der Waals surface area (Å²) >= 11 is 0. The van der Waals surface area contributed by atoms with Crippen LogP contribution in [-0.2, 0) is 16.1 Å². The molecule has 0 aliphatic heterocycles. The van der Waals surface area contributed by atoms with Crippen LogP contribution in [-0.4, -0.2) is 30.6 Å². The van der Waals surface area contributed by atoms with Gasteiger partial charge in [-0.15, -0.1) is 0 Å². The van der Waals surface area contributed by atoms with Crippen molar-refractivity contribution >= 4 is 5.97 Å². The Morgan fingerprint density at radius 1 is 1.35 bits per heavy atom. The molecule has 1 aromatic carbocycles. The molecule has 2 rings (SSSR count). The number of carbonyl (C=O) groups is 1. The maximum Gasteiger partial charge on any atom is 0.319 e. The lowest BCUT2D eigenvalue weighted by molar-refractivity contribution is -0.142. The molecule has 0 saturated heterocycles. The van der Waals surface area contributed by atoms with Gasteiger partial charge in [-0.2, -0.15) is 5.26 Å². The fourth-order valence-corrected chi connectivity index (χ4v) is 2.73. The molecule has 4 heteroatoms. The van der Waals surface area contributed by atoms with Crippen molar-refractivity contribution in [3.05, 3.63) is 35.4 Å². The van der Waals surface area contributed by atoms with Crippen LogP contribution in [0.1, 0.15) is 36.8 Å². The van der Waals surface area contributed by atoms with E-state index in [1.54, 1.807) is 0 Å². The molecule has 1 fully saturated rings. The Morgan fingerprint density at radius 2 is 2.00 bits per heavy atom. The number of nitriles is 1. The molecule has 0 amide bonds. The Balaban J connectivity index is 2.05. The summed E-state index contributed by atoms with van der Waals surface area (Å²) < 4.78 is 4.79. The predicted molar refractivity (Wildman–Crippen MR) is 75.8 cm³/mol. The van der Waals surface area contributed by atoms with Gasteiger partial charge in [-0.25, -0.2) is 0 Å². The SMILES string of the molecule is COC(=O)CN(Cc1ccc(C#N)cc1)C1CCCC1. The lowest BCUT2D eigenvalue weighted by Gasteiger charge is -2.27. The van der Waals surface area contributed by atoms with E-state index in [1.807, 2.05) is 24.3 Å². The number of hydrogen-bond donors (Lipinski definition) is 0. The van der Waals surface area contributed by atoms with Crippen molar-refractivity contribution in [2.24, 2.45) is 0 Å². The van der Waals surface area contributed by atoms with Gasteiger partial charge in [0.15, 0.2) is 0 Å². The van der Waals surface area contributed by atoms with Gasteiger partial charge >= 0.3 is 5.97 Å². The average molecular weight is 272 g/mol. The van der Waals surface area contributed by atoms with Crippen LogP contribution < -0.4 is 0 Å². The van der Waals surface area contributed by atoms with Crippen molar-refractivity contribution in [1.29, 1.82) is 5.26 Å². The molecule has 0 unspecified atom stereocenters. The van der Waals surface area contributed by atoms with E-state index in [0.29, 0.717) is 18.2 Å². The van der Waals surface area contributed by atoms with Crippen LogP contribution in [0.3, 0.4) is 0 Å². The molecule has 1 aliphatic rings. The quantitative estimate of drug-likeness (QED) is 0.773. The Hall–Kier alpha value is -1.86. The first-order valence-electron chi connectivity index (χ1n) is 7.03. The third-order valence-corrected chi connectivity index (χ3v) is 3.87. The van der Waals surface area contributed by atoms with E-state index in [2.05, 4.69) is 11.0 Å². The second kappa shape index (κ2) is 7.06. The van der Waals surface area contributed by atoms with Crippen LogP contribution in [0.4, 0.5) is 0 Å². The van der Waals surface area contributed by atoms with Gasteiger partial charge in [0.1, 0.15) is 0 Å². The molecule has 0 spiro atoms. The van der Waals surface area contributed by atoms with Crippen LogP contribution >= 0.6 is 0 Å². The molecular formula is C16H20N2O2. The Morgan fingerprint density at radius 3 is 2.55 bits per heavy atom. The van der Waals surface area contributed by atoms with E-state index in [0.717, 1.165) is 24.9 Å². The summed E-state index contributed by atoms with van der Waals surface area (Å²) in [5.74, 6) is -0.189. The first kappa shape index (κ1) is 14.5. The van der Waals surface area contributed by atoms with Crippen LogP contribution in [0.2, 0.25) is 0 Å². The highest BCUT2D eigenvalue weighted by atomic mass is 16.5. The van der Waals surface area contributed by atoms with Crippen molar-refractivity contribution < 1.29 is 9.53 Å². The highest BCUT2D eigenvalue weighted by molar-refractivity contribution is 5.71. The molecule has 1 saturated carbocycles. The largest absolute Gasteiger partial charge is 0.468 e. The molecule has 20 heavy (non-hydrogen) atoms. The first-order chi connectivity index (χ1) is 9.72. The number of hydrogen-bond acceptors (Lipinski definition) is 4. The van der Waals surface area contributed by atoms with E-state index in [9.17, 15) is 4.79 Å². The smallest absolute Gasteiger partial charge is 0.319 e. The summed E-state index contributed by atoms with van der Waals surface area (Å²) in [5, 5.41) is 8.81. The molecule has 0 radical (unpaired) electrons. The number of rotatable bonds is 5. The number of ether oxygens (including phenoxy) is 1. The van der Waals surface area contributed by atoms with E-state index in [1.165, 1.54) is 20.0 Å². The minimum atomic E-state index is -0.189. The predicted octanol–water partition coefficient (Wildman–Crippen LogP) is 2.48. The lowest BCUT2D eigenvalue weighted by atomic mass is 10.1. The van der Waals surface area contributed by atoms with Gasteiger partial charge in [-0.05, 0) is 30.5 Å². The molecule has 106 valence electrons. The fraction of sp³-hybridized carbons (Fsp3) is 0.500. The van der Waals surface area contributed by atoms with Crippen LogP contribution in [0.25, 0.3) is 0 Å². The highest BCUT2D eigenvalue weighted by Crippen LogP contribution is 2.25. The van der Waals surface area contributed by atoms with Gasteiger partial charge < -0.3 is 4.74 Å². The summed E-state index contributed by atoms with van der Waals surface area (Å²) in [5.41, 5.74) is 1.79. The van der Waals surface area contributed by atoms with Crippen molar-refractivity contribution in [2.45, 2.75) is 38.3 Å². The number of benzene rings is 1. The first-order valence-corrected chi connectivity index (χ1v) is 7.03. The van der Waals surface area contributed by atoms with Gasteiger partial charge in [0.2, 0.25) is 0 Å². The average Bonchev–Trinajstić information content (AvgIpc) is 3.01. The van der Waals surface area contributed by atoms with Crippen molar-refractivity contribution in [2.75, 3.05) is 13.7 Å². The van der Waals surface area contributed by atoms with Gasteiger partial charge in [0.25, 0.3) is 0 Å². The second-order valence-electron chi connectivity index (χ2n) is 5.23. The molecule has 1 aliphatic carbocycles. The summed E-state index contributed by atoms with van der Waals surface area (Å²) in [6.07, 6.45) is 4.76. The summed E-state index contributed by atoms with van der Waals surface area (Å²) in [6.45, 7) is 1.06. The summed E-state index contributed by atoms with van der Waals surface area (Å²) in [4.78, 5) is 13.8. The molecule has 0 N–H and O–H groups in total. The second-order valence-corrected chi connectivity index (χ2v) is 5.23. The van der Waals surface area contributed by atoms with E-state index >= 15 is 0 Å². The molecule has 4 nitrogen and oxygen atoms in total. The minimum absolute atomic E-state index is 0.189. The number of carbonyl (C=O) groups excluding carboxylic acids is 1. The van der Waals surface area contributed by atoms with Crippen LogP contribution in [0, 0.1) is 11.3 Å². The Labute approximate surface area is 120 Å². The topological polar surface area (TPSA) is 53.3 Å². The number of nitrogens with zero attached hydrogens (tertiary/aromatic N) is 2. The Kier molecular flexibility index (Phi) is 5.14. The third kappa shape index (κ3) is 3.82. The molecular weight excluding hydrogens is 252 g/mol. The van der Waals surface area contributed by atoms with Gasteiger partial charge in [0.05, 0.1) is 25.3 Å². The van der Waals surface area contributed by atoms with Gasteiger partial charge in [-0.3, -0.25) is 9.69 Å². The van der Waals surface area contributed by atoms with E-state index in [-0.39, 0.29) is 5.97 Å². The zero-order valence-corrected chi connectivity index (χ0v) is 11.8. The van der Waals surface area contributed by atoms with Gasteiger partial charge in [0, 0.05) is 12.6 Å². The minimum Gasteiger partial charge on any atom is -0.468 e. The molecule has 0 bridgehead atoms. The summed E-state index contributed by atoms with van der Waals surface area (Å²) in [7, 11) is 1.43. The molecule has 0 heterocycles. The van der Waals surface area contributed by atoms with E-state index < -0.39 is 0 Å². The maximum absolute atomic E-state index is 11.6. The zero-order chi connectivity index (χ0) is 14.4. The number of methoxy groups -OCH3 is 1. The van der Waals surface area contributed by atoms with E-state index in [4.69, 9.17) is 10.00 Å². The lowest BCUT2D eigenvalue weighted by Crippen LogP contribution is -2.37. The standard InChI is InChI=1S/C16H20N2O2/c1-20-16(19)12-18(15-4-2-3-5-15)11-14-8-6-13(10-17)7-9-14/h6-9,15H,2-5,11-12H2,1H3. The highest BCUT2D eigenvalue weighted by Gasteiger charge is 2.24. The normalized spacial score (nSPS) is 15.2. The maximum atomic E-state index is 11.6. The molecule has 1 aromatic rings. The van der Waals surface area contributed by atoms with Gasteiger partial charge in [-0.1, -0.05) is 25.0 Å². The summed E-state index contributed by atoms with van der Waals surface area (Å²) in [6, 6.07) is 10.1. The molecule has 0 aromatic heterocycles. The van der Waals surface area contributed by atoms with Crippen LogP contribution in [0.15, 0.2) is 24.3 Å². The fourth-order valence-electron chi connectivity index (χ4n) is 2.73. The monoisotopic (exact) mass is 272 g/mol. The molecule has 0 atom stereocenters. The number of esters is 1. The third-order valence-electron chi connectivity index (χ3n) is 3.87. The zero-order valence-electron chi connectivity index (χ0n) is 11.8. The van der Waals surface area contributed by atoms with Crippen molar-refractivity contribution in [3.63, 3.8) is 0 Å². The Bertz CT molecular complexity index is 484. The van der Waals surface area contributed by atoms with Crippen LogP contribution in [0.5, 0.6) is 0 Å². The van der Waals surface area contributed by atoms with Crippen molar-refractivity contribution in [3.8, 4) is 6.07 Å².